The molecule has 0 spiro atoms. The van der Waals surface area contributed by atoms with Gasteiger partial charge in [0.2, 0.25) is 10.4 Å². The zero-order valence-electron chi connectivity index (χ0n) is 12.9. The molecule has 0 aromatic carbocycles. The Morgan fingerprint density at radius 2 is 1.00 bits per heavy atom. The van der Waals surface area contributed by atoms with Gasteiger partial charge < -0.3 is 61.2 Å². The largest absolute Gasteiger partial charge is 2.00 e. The Bertz CT molecular complexity index is 341. The molecule has 0 fully saturated rings. The Labute approximate surface area is 194 Å². The van der Waals surface area contributed by atoms with Crippen LogP contribution in [-0.2, 0) is 10.4 Å². The van der Waals surface area contributed by atoms with Crippen LogP contribution in [0.3, 0.4) is 0 Å². The molecular weight excluding hydrogens is 419 g/mol. The second-order valence-electron chi connectivity index (χ2n) is 3.16. The van der Waals surface area contributed by atoms with Crippen LogP contribution in [-0.4, -0.2) is 141 Å². The predicted molar refractivity (Wildman–Crippen MR) is 68.9 cm³/mol. The molecule has 0 aliphatic carbocycles. The van der Waals surface area contributed by atoms with Crippen molar-refractivity contribution in [2.75, 3.05) is 13.2 Å². The quantitative estimate of drug-likeness (QED) is 0.119. The third kappa shape index (κ3) is 45.8. The fraction of sp³-hybridized carbons (Fsp3) is 0.857. The number of rotatable bonds is 5. The summed E-state index contributed by atoms with van der Waals surface area (Å²) in [4.78, 5) is 8.33. The molecule has 0 saturated carbocycles. The maximum atomic E-state index is 8.96. The van der Waals surface area contributed by atoms with Gasteiger partial charge in [0.05, 0.1) is 13.2 Å². The first kappa shape index (κ1) is 45.1. The van der Waals surface area contributed by atoms with Gasteiger partial charge in [0, 0.05) is 0 Å². The van der Waals surface area contributed by atoms with Gasteiger partial charge in [-0.15, -0.1) is 0 Å². The van der Waals surface area contributed by atoms with Crippen molar-refractivity contribution in [2.24, 2.45) is 0 Å². The third-order valence-electron chi connectivity index (χ3n) is 1.51. The first-order chi connectivity index (χ1) is 9.27. The summed E-state index contributed by atoms with van der Waals surface area (Å²) in [5, 5.41) is 68.8. The van der Waals surface area contributed by atoms with Crippen molar-refractivity contribution in [1.82, 2.24) is 0 Å². The predicted octanol–water partition coefficient (Wildman–Crippen LogP) is -12.1. The molecule has 15 nitrogen and oxygen atoms in total. The Morgan fingerprint density at radius 3 is 1.08 bits per heavy atom. The number of aliphatic hydroxyl groups excluding tert-OH is 6. The monoisotopic (exact) mass is 438 g/mol. The average Bonchev–Trinajstić information content (AvgIpc) is 2.32. The smallest absolute Gasteiger partial charge is 0.726 e. The van der Waals surface area contributed by atoms with Crippen LogP contribution in [0.25, 0.3) is 0 Å². The molecule has 25 heavy (non-hydrogen) atoms. The van der Waals surface area contributed by atoms with E-state index in [0.717, 1.165) is 0 Å². The van der Waals surface area contributed by atoms with Gasteiger partial charge in [0.25, 0.3) is 0 Å². The van der Waals surface area contributed by atoms with E-state index < -0.39 is 54.2 Å². The molecule has 4 atom stereocenters. The number of aliphatic hydroxyl groups is 6. The van der Waals surface area contributed by atoms with Gasteiger partial charge in [-0.1, -0.05) is 0 Å². The maximum absolute atomic E-state index is 8.96. The van der Waals surface area contributed by atoms with Crippen molar-refractivity contribution in [3.05, 3.63) is 0 Å². The zero-order valence-corrected chi connectivity index (χ0v) is 17.9. The van der Waals surface area contributed by atoms with Crippen molar-refractivity contribution < 1.29 is 104 Å². The molecule has 0 aliphatic heterocycles. The summed E-state index contributed by atoms with van der Waals surface area (Å²) < 4.78 is 32.8. The van der Waals surface area contributed by atoms with E-state index in [0.29, 0.717) is 0 Å². The molecule has 0 bridgehead atoms. The first-order valence-electron chi connectivity index (χ1n) is 4.78. The van der Waals surface area contributed by atoms with Crippen LogP contribution in [0.1, 0.15) is 0 Å². The fourth-order valence-corrected chi connectivity index (χ4v) is 0.671. The number of hydrogen-bond acceptors (Lipinski definition) is 12. The van der Waals surface area contributed by atoms with E-state index in [1.165, 1.54) is 0 Å². The van der Waals surface area contributed by atoms with Gasteiger partial charge in [0.1, 0.15) is 24.4 Å². The molecule has 0 radical (unpaired) electrons. The number of carboxylic acid groups (broad SMARTS) is 2. The summed E-state index contributed by atoms with van der Waals surface area (Å²) in [5.74, 6) is 0. The molecule has 0 rings (SSSR count). The van der Waals surface area contributed by atoms with Gasteiger partial charge in [-0.05, 0) is 6.16 Å². The minimum absolute atomic E-state index is 0. The Hall–Kier alpha value is 1.08. The van der Waals surface area contributed by atoms with Crippen LogP contribution in [0.2, 0.25) is 0 Å². The van der Waals surface area contributed by atoms with Gasteiger partial charge >= 0.3 is 67.3 Å². The summed E-state index contributed by atoms with van der Waals surface area (Å²) in [6.07, 6.45) is -8.73. The number of carbonyl (C=O) groups is 1. The van der Waals surface area contributed by atoms with Crippen LogP contribution in [0.15, 0.2) is 0 Å². The molecule has 0 amide bonds. The van der Waals surface area contributed by atoms with Crippen LogP contribution < -0.4 is 39.8 Å². The fourth-order valence-electron chi connectivity index (χ4n) is 0.671. The van der Waals surface area contributed by atoms with E-state index in [9.17, 15) is 0 Å². The molecule has 0 aromatic rings. The minimum atomic E-state index is -4.92. The SMILES string of the molecule is O.O.O=C([O-])[O-].O=S(=O)([O-])O.OCC(O)C(O)C(O)C(O)CO.[Ca+2].[Na+]. The molecule has 0 saturated heterocycles. The average molecular weight is 438 g/mol. The van der Waals surface area contributed by atoms with Gasteiger partial charge in [0.15, 0.2) is 0 Å². The normalized spacial score (nSPS) is 13.6. The summed E-state index contributed by atoms with van der Waals surface area (Å²) in [7, 11) is -4.92. The molecule has 18 heteroatoms. The van der Waals surface area contributed by atoms with Crippen LogP contribution >= 0.6 is 0 Å². The topological polar surface area (TPSA) is 325 Å². The Balaban J connectivity index is -0.0000000428. The molecule has 4 unspecified atom stereocenters. The van der Waals surface area contributed by atoms with Crippen molar-refractivity contribution in [2.45, 2.75) is 24.4 Å². The second-order valence-corrected chi connectivity index (χ2v) is 4.01. The van der Waals surface area contributed by atoms with Gasteiger partial charge in [-0.3, -0.25) is 4.55 Å². The number of hydrogen-bond donors (Lipinski definition) is 7. The van der Waals surface area contributed by atoms with Gasteiger partial charge in [-0.25, -0.2) is 8.42 Å². The van der Waals surface area contributed by atoms with Crippen LogP contribution in [0.5, 0.6) is 0 Å². The summed E-state index contributed by atoms with van der Waals surface area (Å²) >= 11 is 0. The molecule has 0 aliphatic rings. The van der Waals surface area contributed by atoms with E-state index in [-0.39, 0.29) is 78.2 Å². The molecule has 11 N–H and O–H groups in total. The molecule has 146 valence electrons. The zero-order chi connectivity index (χ0) is 17.8. The van der Waals surface area contributed by atoms with Crippen molar-refractivity contribution in [1.29, 1.82) is 0 Å². The Morgan fingerprint density at radius 1 is 0.880 bits per heavy atom. The number of carbonyl (C=O) groups excluding carboxylic acids is 1. The van der Waals surface area contributed by atoms with Crippen molar-refractivity contribution in [3.63, 3.8) is 0 Å². The maximum Gasteiger partial charge on any atom is 2.00 e. The van der Waals surface area contributed by atoms with E-state index in [1.54, 1.807) is 0 Å². The van der Waals surface area contributed by atoms with Gasteiger partial charge in [-0.2, -0.15) is 0 Å². The first-order valence-corrected chi connectivity index (χ1v) is 6.14. The molecule has 0 aromatic heterocycles. The van der Waals surface area contributed by atoms with E-state index >= 15 is 0 Å². The minimum Gasteiger partial charge on any atom is -0.726 e. The third-order valence-corrected chi connectivity index (χ3v) is 1.51. The molecule has 0 heterocycles. The summed E-state index contributed by atoms with van der Waals surface area (Å²) in [5.41, 5.74) is 0. The summed E-state index contributed by atoms with van der Waals surface area (Å²) in [6.45, 7) is -1.45. The molecular formula is C7H19CaNaO15S. The van der Waals surface area contributed by atoms with E-state index in [4.69, 9.17) is 63.2 Å². The Kier molecular flexibility index (Phi) is 45.2. The van der Waals surface area contributed by atoms with E-state index in [2.05, 4.69) is 0 Å². The van der Waals surface area contributed by atoms with Crippen molar-refractivity contribution >= 4 is 54.3 Å². The standard InChI is InChI=1S/C6H14O6.CH2O3.Ca.Na.H2O4S.2H2O/c7-1-3(9)5(11)6(12)4(10)2-8;2-1(3)4;;;1-5(2,3)4;;/h3-12H,1-2H2;(H2,2,3,4);;;(H2,1,2,3,4);2*1H2/q;;+2;+1;;;/p-3. The van der Waals surface area contributed by atoms with Crippen LogP contribution in [0.4, 0.5) is 4.79 Å². The van der Waals surface area contributed by atoms with E-state index in [1.807, 2.05) is 0 Å². The second kappa shape index (κ2) is 25.1. The van der Waals surface area contributed by atoms with Crippen LogP contribution in [0, 0.1) is 0 Å². The van der Waals surface area contributed by atoms with Crippen molar-refractivity contribution in [3.8, 4) is 0 Å². The summed E-state index contributed by atoms with van der Waals surface area (Å²) in [6, 6.07) is 0.